The highest BCUT2D eigenvalue weighted by molar-refractivity contribution is 5.32. The molecule has 3 nitrogen and oxygen atoms in total. The van der Waals surface area contributed by atoms with E-state index in [1.165, 1.54) is 24.0 Å². The van der Waals surface area contributed by atoms with Crippen molar-refractivity contribution in [2.24, 2.45) is 0 Å². The first kappa shape index (κ1) is 15.6. The fraction of sp³-hybridized carbons (Fsp3) is 0.350. The molecule has 2 aromatic carbocycles. The summed E-state index contributed by atoms with van der Waals surface area (Å²) < 4.78 is 5.53. The molecule has 1 heterocycles. The van der Waals surface area contributed by atoms with Gasteiger partial charge in [-0.05, 0) is 61.7 Å². The molecule has 0 aliphatic carbocycles. The first-order valence-corrected chi connectivity index (χ1v) is 8.26. The molecule has 3 heteroatoms. The molecule has 0 N–H and O–H groups in total. The Balaban J connectivity index is 1.70. The van der Waals surface area contributed by atoms with E-state index in [4.69, 9.17) is 10.00 Å². The van der Waals surface area contributed by atoms with E-state index in [0.717, 1.165) is 24.4 Å². The van der Waals surface area contributed by atoms with Crippen molar-refractivity contribution in [3.05, 3.63) is 65.2 Å². The molecule has 1 aliphatic heterocycles. The second kappa shape index (κ2) is 7.30. The van der Waals surface area contributed by atoms with Gasteiger partial charge in [0, 0.05) is 12.6 Å². The number of benzene rings is 2. The maximum atomic E-state index is 8.89. The highest BCUT2D eigenvalue weighted by Crippen LogP contribution is 2.33. The van der Waals surface area contributed by atoms with Gasteiger partial charge in [0.15, 0.2) is 0 Å². The number of hydrogen-bond acceptors (Lipinski definition) is 3. The van der Waals surface area contributed by atoms with Crippen molar-refractivity contribution in [1.82, 2.24) is 4.90 Å². The minimum Gasteiger partial charge on any atom is -0.494 e. The molecule has 0 bridgehead atoms. The minimum atomic E-state index is 0.473. The molecule has 2 aromatic rings. The van der Waals surface area contributed by atoms with E-state index >= 15 is 0 Å². The first-order valence-electron chi connectivity index (χ1n) is 8.26. The summed E-state index contributed by atoms with van der Waals surface area (Å²) in [6.45, 7) is 4.76. The average Bonchev–Trinajstić information content (AvgIpc) is 3.05. The molecule has 0 saturated carbocycles. The number of nitrogens with zero attached hydrogens (tertiary/aromatic N) is 2. The molecule has 0 unspecified atom stereocenters. The van der Waals surface area contributed by atoms with Crippen LogP contribution in [0.5, 0.6) is 5.75 Å². The molecular formula is C20H22N2O. The lowest BCUT2D eigenvalue weighted by atomic mass is 10.0. The third-order valence-corrected chi connectivity index (χ3v) is 4.41. The summed E-state index contributed by atoms with van der Waals surface area (Å²) in [6.07, 6.45) is 2.43. The van der Waals surface area contributed by atoms with E-state index in [0.29, 0.717) is 12.6 Å². The lowest BCUT2D eigenvalue weighted by Crippen LogP contribution is -2.22. The SMILES string of the molecule is CCOc1ccc([C@@H]2CCCN2Cc2ccc(C#N)cc2)cc1. The molecular weight excluding hydrogens is 284 g/mol. The third kappa shape index (κ3) is 3.72. The zero-order valence-corrected chi connectivity index (χ0v) is 13.5. The Labute approximate surface area is 138 Å². The van der Waals surface area contributed by atoms with Gasteiger partial charge in [0.1, 0.15) is 5.75 Å². The van der Waals surface area contributed by atoms with Gasteiger partial charge in [-0.15, -0.1) is 0 Å². The van der Waals surface area contributed by atoms with Gasteiger partial charge in [-0.2, -0.15) is 5.26 Å². The van der Waals surface area contributed by atoms with Crippen molar-refractivity contribution in [2.75, 3.05) is 13.2 Å². The van der Waals surface area contributed by atoms with Crippen molar-refractivity contribution in [3.8, 4) is 11.8 Å². The molecule has 118 valence electrons. The van der Waals surface area contributed by atoms with Crippen LogP contribution in [0.2, 0.25) is 0 Å². The molecule has 0 aromatic heterocycles. The summed E-state index contributed by atoms with van der Waals surface area (Å²) in [5.41, 5.74) is 3.35. The van der Waals surface area contributed by atoms with Crippen LogP contribution in [0.15, 0.2) is 48.5 Å². The summed E-state index contributed by atoms with van der Waals surface area (Å²) in [5.74, 6) is 0.938. The van der Waals surface area contributed by atoms with Crippen LogP contribution in [0.1, 0.15) is 42.5 Å². The fourth-order valence-electron chi connectivity index (χ4n) is 3.26. The van der Waals surface area contributed by atoms with Gasteiger partial charge in [-0.1, -0.05) is 24.3 Å². The van der Waals surface area contributed by atoms with Crippen molar-refractivity contribution >= 4 is 0 Å². The Morgan fingerprint density at radius 3 is 2.52 bits per heavy atom. The highest BCUT2D eigenvalue weighted by Gasteiger charge is 2.25. The molecule has 0 amide bonds. The Hall–Kier alpha value is -2.31. The second-order valence-corrected chi connectivity index (χ2v) is 5.94. The topological polar surface area (TPSA) is 36.3 Å². The summed E-state index contributed by atoms with van der Waals surface area (Å²) in [5, 5.41) is 8.89. The van der Waals surface area contributed by atoms with Crippen molar-refractivity contribution in [1.29, 1.82) is 5.26 Å². The molecule has 0 radical (unpaired) electrons. The summed E-state index contributed by atoms with van der Waals surface area (Å²) in [4.78, 5) is 2.52. The van der Waals surface area contributed by atoms with Crippen LogP contribution in [-0.4, -0.2) is 18.1 Å². The first-order chi connectivity index (χ1) is 11.3. The van der Waals surface area contributed by atoms with E-state index in [9.17, 15) is 0 Å². The molecule has 1 atom stereocenters. The number of ether oxygens (including phenoxy) is 1. The number of nitriles is 1. The molecule has 3 rings (SSSR count). The van der Waals surface area contributed by atoms with Gasteiger partial charge in [-0.25, -0.2) is 0 Å². The van der Waals surface area contributed by atoms with Crippen LogP contribution in [0, 0.1) is 11.3 Å². The molecule has 1 saturated heterocycles. The smallest absolute Gasteiger partial charge is 0.119 e. The quantitative estimate of drug-likeness (QED) is 0.826. The normalized spacial score (nSPS) is 17.8. The monoisotopic (exact) mass is 306 g/mol. The predicted octanol–water partition coefficient (Wildman–Crippen LogP) is 4.29. The van der Waals surface area contributed by atoms with E-state index in [1.54, 1.807) is 0 Å². The Bertz CT molecular complexity index is 670. The van der Waals surface area contributed by atoms with Crippen LogP contribution in [0.3, 0.4) is 0 Å². The zero-order chi connectivity index (χ0) is 16.1. The maximum absolute atomic E-state index is 8.89. The van der Waals surface area contributed by atoms with Gasteiger partial charge in [0.25, 0.3) is 0 Å². The summed E-state index contributed by atoms with van der Waals surface area (Å²) >= 11 is 0. The Kier molecular flexibility index (Phi) is 4.95. The van der Waals surface area contributed by atoms with Crippen LogP contribution in [0.25, 0.3) is 0 Å². The third-order valence-electron chi connectivity index (χ3n) is 4.41. The number of hydrogen-bond donors (Lipinski definition) is 0. The molecule has 23 heavy (non-hydrogen) atoms. The van der Waals surface area contributed by atoms with E-state index in [2.05, 4.69) is 47.4 Å². The minimum absolute atomic E-state index is 0.473. The molecule has 0 spiro atoms. The molecule has 1 aliphatic rings. The standard InChI is InChI=1S/C20H22N2O/c1-2-23-19-11-9-18(10-12-19)20-4-3-13-22(20)15-17-7-5-16(14-21)6-8-17/h5-12,20H,2-4,13,15H2,1H3/t20-/m0/s1. The van der Waals surface area contributed by atoms with Crippen LogP contribution in [-0.2, 0) is 6.54 Å². The van der Waals surface area contributed by atoms with Gasteiger partial charge in [-0.3, -0.25) is 4.90 Å². The van der Waals surface area contributed by atoms with Crippen molar-refractivity contribution < 1.29 is 4.74 Å². The van der Waals surface area contributed by atoms with Gasteiger partial charge in [0.05, 0.1) is 18.2 Å². The summed E-state index contributed by atoms with van der Waals surface area (Å²) in [6, 6.07) is 19.1. The highest BCUT2D eigenvalue weighted by atomic mass is 16.5. The van der Waals surface area contributed by atoms with Crippen LogP contribution < -0.4 is 4.74 Å². The van der Waals surface area contributed by atoms with E-state index in [-0.39, 0.29) is 0 Å². The average molecular weight is 306 g/mol. The van der Waals surface area contributed by atoms with Crippen LogP contribution in [0.4, 0.5) is 0 Å². The maximum Gasteiger partial charge on any atom is 0.119 e. The largest absolute Gasteiger partial charge is 0.494 e. The van der Waals surface area contributed by atoms with Crippen molar-refractivity contribution in [2.45, 2.75) is 32.4 Å². The Morgan fingerprint density at radius 1 is 1.13 bits per heavy atom. The Morgan fingerprint density at radius 2 is 1.87 bits per heavy atom. The lowest BCUT2D eigenvalue weighted by molar-refractivity contribution is 0.248. The van der Waals surface area contributed by atoms with Crippen molar-refractivity contribution in [3.63, 3.8) is 0 Å². The van der Waals surface area contributed by atoms with E-state index < -0.39 is 0 Å². The zero-order valence-electron chi connectivity index (χ0n) is 13.5. The lowest BCUT2D eigenvalue weighted by Gasteiger charge is -2.25. The number of rotatable bonds is 5. The summed E-state index contributed by atoms with van der Waals surface area (Å²) in [7, 11) is 0. The second-order valence-electron chi connectivity index (χ2n) is 5.94. The predicted molar refractivity (Wildman–Crippen MR) is 91.2 cm³/mol. The number of likely N-dealkylation sites (tertiary alicyclic amines) is 1. The van der Waals surface area contributed by atoms with Gasteiger partial charge < -0.3 is 4.74 Å². The van der Waals surface area contributed by atoms with Gasteiger partial charge >= 0.3 is 0 Å². The van der Waals surface area contributed by atoms with E-state index in [1.807, 2.05) is 19.1 Å². The van der Waals surface area contributed by atoms with Crippen LogP contribution >= 0.6 is 0 Å². The molecule has 1 fully saturated rings. The fourth-order valence-corrected chi connectivity index (χ4v) is 3.26. The van der Waals surface area contributed by atoms with Gasteiger partial charge in [0.2, 0.25) is 0 Å².